The monoisotopic (exact) mass is 1440 g/mol. The molecule has 12 aliphatic carbocycles. The molecule has 6 unspecified atom stereocenters. The molecule has 0 heterocycles. The van der Waals surface area contributed by atoms with Crippen molar-refractivity contribution in [3.63, 3.8) is 0 Å². The lowest BCUT2D eigenvalue weighted by Gasteiger charge is -2.59. The fourth-order valence-electron chi connectivity index (χ4n) is 17.0. The Balaban J connectivity index is 0.000000207. The lowest BCUT2D eigenvalue weighted by atomic mass is 9.48. The fraction of sp³-hybridized carbons (Fsp3) is 0.758. The van der Waals surface area contributed by atoms with Crippen molar-refractivity contribution in [2.75, 3.05) is 33.0 Å². The summed E-state index contributed by atoms with van der Waals surface area (Å²) in [5.74, 6) is -16.7. The first kappa shape index (κ1) is 78.5. The summed E-state index contributed by atoms with van der Waals surface area (Å²) in [5, 5.41) is 0. The van der Waals surface area contributed by atoms with Crippen molar-refractivity contribution in [1.29, 1.82) is 0 Å². The highest BCUT2D eigenvalue weighted by atomic mass is 19.4. The highest BCUT2D eigenvalue weighted by Crippen LogP contribution is 2.66. The molecule has 12 rings (SSSR count). The van der Waals surface area contributed by atoms with Gasteiger partial charge in [-0.3, -0.25) is 14.4 Å². The molecular weight excluding hydrogens is 1370 g/mol. The molecule has 98 heavy (non-hydrogen) atoms. The van der Waals surface area contributed by atoms with Gasteiger partial charge in [0.05, 0.1) is 16.2 Å². The van der Waals surface area contributed by atoms with E-state index in [2.05, 4.69) is 33.9 Å². The molecule has 12 fully saturated rings. The van der Waals surface area contributed by atoms with E-state index in [1.54, 1.807) is 0 Å². The second-order valence-corrected chi connectivity index (χ2v) is 28.1. The normalized spacial score (nSPS) is 31.0. The van der Waals surface area contributed by atoms with Gasteiger partial charge in [-0.2, -0.15) is 79.0 Å². The summed E-state index contributed by atoms with van der Waals surface area (Å²) in [6.45, 7) is 7.85. The molecule has 0 aliphatic heterocycles. The summed E-state index contributed by atoms with van der Waals surface area (Å²) in [6, 6.07) is 0. The number of rotatable bonds is 20. The van der Waals surface area contributed by atoms with Crippen LogP contribution in [0.4, 0.5) is 79.0 Å². The average molecular weight is 1450 g/mol. The first-order chi connectivity index (χ1) is 44.7. The quantitative estimate of drug-likeness (QED) is 0.0476. The molecule has 0 amide bonds. The van der Waals surface area contributed by atoms with Crippen LogP contribution in [0, 0.1) is 63.6 Å². The van der Waals surface area contributed by atoms with E-state index in [-0.39, 0.29) is 84.3 Å². The Morgan fingerprint density at radius 2 is 0.622 bits per heavy atom. The third-order valence-electron chi connectivity index (χ3n) is 19.5. The van der Waals surface area contributed by atoms with Gasteiger partial charge in [0, 0.05) is 36.0 Å². The maximum atomic E-state index is 12.9. The van der Waals surface area contributed by atoms with E-state index in [0.29, 0.717) is 70.6 Å². The maximum Gasteiger partial charge on any atom is 0.434 e. The Morgan fingerprint density at radius 3 is 0.918 bits per heavy atom. The second kappa shape index (κ2) is 28.0. The Hall–Kier alpha value is -6.81. The molecule has 12 aliphatic rings. The van der Waals surface area contributed by atoms with Gasteiger partial charge in [-0.15, -0.1) is 0 Å². The van der Waals surface area contributed by atoms with Crippen LogP contribution >= 0.6 is 0 Å². The Labute approximate surface area is 546 Å². The van der Waals surface area contributed by atoms with Crippen LogP contribution in [0.25, 0.3) is 0 Å². The number of carbonyl (C=O) groups is 9. The third kappa shape index (κ3) is 18.6. The predicted molar refractivity (Wildman–Crippen MR) is 290 cm³/mol. The van der Waals surface area contributed by atoms with Gasteiger partial charge in [0.15, 0.2) is 31.7 Å². The zero-order valence-corrected chi connectivity index (χ0v) is 52.7. The summed E-state index contributed by atoms with van der Waals surface area (Å²) in [4.78, 5) is 110. The molecule has 0 radical (unpaired) electrons. The number of carbonyl (C=O) groups excluding carboxylic acids is 9. The first-order valence-electron chi connectivity index (χ1n) is 30.7. The number of hydrogen-bond donors (Lipinski definition) is 0. The first-order valence-corrected chi connectivity index (χ1v) is 30.7. The van der Waals surface area contributed by atoms with Crippen molar-refractivity contribution >= 4 is 53.7 Å². The number of esters is 9. The van der Waals surface area contributed by atoms with Crippen LogP contribution in [0.2, 0.25) is 0 Å². The van der Waals surface area contributed by atoms with Crippen LogP contribution in [-0.4, -0.2) is 147 Å². The minimum absolute atomic E-state index is 0.0357. The van der Waals surface area contributed by atoms with Gasteiger partial charge in [0.2, 0.25) is 0 Å². The van der Waals surface area contributed by atoms with Crippen LogP contribution in [0.1, 0.15) is 136 Å². The number of alkyl halides is 18. The van der Waals surface area contributed by atoms with Crippen molar-refractivity contribution in [2.45, 2.75) is 196 Å². The molecule has 12 saturated carbocycles. The molecule has 0 N–H and O–H groups in total. The molecule has 12 bridgehead atoms. The van der Waals surface area contributed by atoms with Crippen molar-refractivity contribution < 1.29 is 165 Å². The summed E-state index contributed by atoms with van der Waals surface area (Å²) in [5.41, 5.74) is -5.92. The van der Waals surface area contributed by atoms with E-state index < -0.39 is 175 Å². The van der Waals surface area contributed by atoms with E-state index >= 15 is 0 Å². The van der Waals surface area contributed by atoms with Crippen LogP contribution in [0.5, 0.6) is 0 Å². The summed E-state index contributed by atoms with van der Waals surface area (Å²) < 4.78 is 271. The molecule has 0 aromatic heterocycles. The van der Waals surface area contributed by atoms with Gasteiger partial charge in [-0.25, -0.2) is 28.8 Å². The lowest BCUT2D eigenvalue weighted by molar-refractivity contribution is -0.314. The summed E-state index contributed by atoms with van der Waals surface area (Å²) in [7, 11) is 0. The van der Waals surface area contributed by atoms with E-state index in [4.69, 9.17) is 28.4 Å². The molecule has 0 spiro atoms. The Morgan fingerprint density at radius 1 is 0.347 bits per heavy atom. The zero-order chi connectivity index (χ0) is 73.8. The smallest absolute Gasteiger partial charge is 0.434 e. The Bertz CT molecular complexity index is 3040. The molecule has 0 aromatic rings. The van der Waals surface area contributed by atoms with E-state index in [1.165, 1.54) is 20.8 Å². The van der Waals surface area contributed by atoms with Crippen LogP contribution < -0.4 is 0 Å². The van der Waals surface area contributed by atoms with Gasteiger partial charge < -0.3 is 42.6 Å². The van der Waals surface area contributed by atoms with Crippen molar-refractivity contribution in [3.05, 3.63) is 36.5 Å². The SMILES string of the molecule is C=C(C)C(=O)OC12CC3CC(C1)CC(C(=O)OCC(=O)OC(C(F)(F)F)C(F)(F)F)(C3)C2.C=C(C)C(=O)OC12CC3CC(C1)CC(C(=O)OCC(=O)OCC(C(F)(F)F)C(F)(F)F)(C3)C2.C=C(C)C(=O)OCC(=O)OC12CC3CC(C1)CC(C(=O)OCC(C(F)(F)F)C(F)(F)F)(C3)C2. The fourth-order valence-corrected chi connectivity index (χ4v) is 17.0. The maximum absolute atomic E-state index is 12.9. The highest BCUT2D eigenvalue weighted by Gasteiger charge is 2.68. The molecule has 0 saturated heterocycles. The van der Waals surface area contributed by atoms with Gasteiger partial charge in [-0.1, -0.05) is 19.7 Å². The van der Waals surface area contributed by atoms with Crippen molar-refractivity contribution in [3.8, 4) is 0 Å². The Kier molecular flexibility index (Phi) is 22.4. The topological polar surface area (TPSA) is 237 Å². The molecule has 18 nitrogen and oxygen atoms in total. The highest BCUT2D eigenvalue weighted by molar-refractivity contribution is 5.89. The van der Waals surface area contributed by atoms with Crippen molar-refractivity contribution in [2.24, 2.45) is 63.6 Å². The van der Waals surface area contributed by atoms with Gasteiger partial charge in [0.25, 0.3) is 6.10 Å². The molecule has 6 atom stereocenters. The molecule has 552 valence electrons. The standard InChI is InChI=1S/2C21H24F6O6.C20H22F6O6/c1-11(2)16(29)31-9-15(28)33-19-6-12-3-13(7-19)5-18(4-12,10-19)17(30)32-8-14(20(22,23)24)21(25,26)27;1-11(2)16(29)33-19-6-12-3-13(7-19)5-18(4-12,10-19)17(30)32-9-15(28)31-8-14(20(22,23)24)21(25,26)27;1-10(2)14(28)32-18-6-11-3-12(7-18)5-17(4-11,9-18)16(29)30-8-13(27)31-15(19(21,22)23)20(24,25)26/h2*12-14H,1,3-10H2,2H3;11-12,15H,1,3-9H2,2H3. The zero-order valence-electron chi connectivity index (χ0n) is 52.7. The number of hydrogen-bond acceptors (Lipinski definition) is 18. The minimum atomic E-state index is -5.86. The summed E-state index contributed by atoms with van der Waals surface area (Å²) >= 11 is 0. The molecule has 36 heteroatoms. The van der Waals surface area contributed by atoms with E-state index in [0.717, 1.165) is 12.8 Å². The number of halogens is 18. The van der Waals surface area contributed by atoms with Crippen LogP contribution in [-0.2, 0) is 85.8 Å². The predicted octanol–water partition coefficient (Wildman–Crippen LogP) is 12.6. The van der Waals surface area contributed by atoms with E-state index in [1.807, 2.05) is 0 Å². The van der Waals surface area contributed by atoms with Crippen molar-refractivity contribution in [1.82, 2.24) is 0 Å². The lowest BCUT2D eigenvalue weighted by Crippen LogP contribution is -2.60. The molecular formula is C62H70F18O18. The third-order valence-corrected chi connectivity index (χ3v) is 19.5. The molecule has 0 aromatic carbocycles. The van der Waals surface area contributed by atoms with Crippen LogP contribution in [0.15, 0.2) is 36.5 Å². The number of ether oxygens (including phenoxy) is 9. The average Bonchev–Trinajstić information content (AvgIpc) is 0.733. The van der Waals surface area contributed by atoms with Gasteiger partial charge in [0.1, 0.15) is 30.0 Å². The van der Waals surface area contributed by atoms with Gasteiger partial charge in [-0.05, 0) is 153 Å². The second-order valence-electron chi connectivity index (χ2n) is 28.1. The van der Waals surface area contributed by atoms with Crippen LogP contribution in [0.3, 0.4) is 0 Å². The van der Waals surface area contributed by atoms with E-state index in [9.17, 15) is 122 Å². The van der Waals surface area contributed by atoms with Gasteiger partial charge >= 0.3 is 90.8 Å². The minimum Gasteiger partial charge on any atom is -0.464 e. The largest absolute Gasteiger partial charge is 0.464 e. The summed E-state index contributed by atoms with van der Waals surface area (Å²) in [6.07, 6.45) is -30.8.